The van der Waals surface area contributed by atoms with Crippen molar-refractivity contribution >= 4 is 45.6 Å². The molecule has 0 aliphatic rings. The zero-order valence-electron chi connectivity index (χ0n) is 15.8. The number of rotatable bonds is 6. The molecule has 5 nitrogen and oxygen atoms in total. The number of fused-ring (bicyclic) bond motifs is 1. The van der Waals surface area contributed by atoms with Gasteiger partial charge < -0.3 is 15.5 Å². The molecule has 2 amide bonds. The first-order valence-corrected chi connectivity index (χ1v) is 9.35. The molecule has 0 saturated carbocycles. The monoisotopic (exact) mass is 395 g/mol. The zero-order chi connectivity index (χ0) is 20.1. The fourth-order valence-electron chi connectivity index (χ4n) is 2.89. The van der Waals surface area contributed by atoms with Gasteiger partial charge in [-0.15, -0.1) is 0 Å². The Bertz CT molecular complexity index is 1020. The average molecular weight is 396 g/mol. The predicted molar refractivity (Wildman–Crippen MR) is 115 cm³/mol. The third-order valence-corrected chi connectivity index (χ3v) is 4.67. The quantitative estimate of drug-likeness (QED) is 0.653. The van der Waals surface area contributed by atoms with E-state index in [1.54, 1.807) is 18.2 Å². The number of carbonyl (C=O) groups excluding carboxylic acids is 2. The summed E-state index contributed by atoms with van der Waals surface area (Å²) in [5, 5.41) is 8.23. The Hall–Kier alpha value is -3.05. The summed E-state index contributed by atoms with van der Waals surface area (Å²) < 4.78 is 0. The summed E-state index contributed by atoms with van der Waals surface area (Å²) in [7, 11) is 3.80. The van der Waals surface area contributed by atoms with Crippen molar-refractivity contribution in [1.82, 2.24) is 5.32 Å². The van der Waals surface area contributed by atoms with Crippen molar-refractivity contribution < 1.29 is 9.59 Å². The van der Waals surface area contributed by atoms with Crippen molar-refractivity contribution in [2.45, 2.75) is 6.42 Å². The largest absolute Gasteiger partial charge is 0.376 e. The molecule has 3 aromatic carbocycles. The van der Waals surface area contributed by atoms with E-state index in [2.05, 4.69) is 10.6 Å². The summed E-state index contributed by atoms with van der Waals surface area (Å²) in [6.07, 6.45) is 0.173. The minimum absolute atomic E-state index is 0.173. The molecule has 0 aromatic heterocycles. The lowest BCUT2D eigenvalue weighted by Crippen LogP contribution is -2.27. The molecule has 6 heteroatoms. The van der Waals surface area contributed by atoms with Gasteiger partial charge in [-0.1, -0.05) is 41.9 Å². The van der Waals surface area contributed by atoms with E-state index in [0.717, 1.165) is 16.5 Å². The molecule has 0 fully saturated rings. The van der Waals surface area contributed by atoms with Crippen LogP contribution in [0.25, 0.3) is 10.8 Å². The maximum Gasteiger partial charge on any atom is 0.251 e. The van der Waals surface area contributed by atoms with Crippen LogP contribution in [0.3, 0.4) is 0 Å². The maximum absolute atomic E-state index is 12.3. The van der Waals surface area contributed by atoms with E-state index in [4.69, 9.17) is 11.6 Å². The van der Waals surface area contributed by atoms with E-state index in [9.17, 15) is 9.59 Å². The molecule has 0 radical (unpaired) electrons. The SMILES string of the molecule is CN(C)c1ccc(NC(=O)CCNC(=O)c2ccc3ccccc3c2)cc1Cl. The van der Waals surface area contributed by atoms with Crippen LogP contribution in [0.5, 0.6) is 0 Å². The number of hydrogen-bond acceptors (Lipinski definition) is 3. The lowest BCUT2D eigenvalue weighted by atomic mass is 10.1. The van der Waals surface area contributed by atoms with Gasteiger partial charge in [-0.3, -0.25) is 9.59 Å². The summed E-state index contributed by atoms with van der Waals surface area (Å²) in [5.74, 6) is -0.385. The van der Waals surface area contributed by atoms with Gasteiger partial charge in [0.15, 0.2) is 0 Å². The lowest BCUT2D eigenvalue weighted by molar-refractivity contribution is -0.116. The number of carbonyl (C=O) groups is 2. The van der Waals surface area contributed by atoms with Gasteiger partial charge in [0.25, 0.3) is 5.91 Å². The zero-order valence-corrected chi connectivity index (χ0v) is 16.6. The Labute approximate surface area is 169 Å². The highest BCUT2D eigenvalue weighted by atomic mass is 35.5. The normalized spacial score (nSPS) is 10.5. The summed E-state index contributed by atoms with van der Waals surface area (Å²) in [4.78, 5) is 26.3. The number of hydrogen-bond donors (Lipinski definition) is 2. The molecule has 0 saturated heterocycles. The fraction of sp³-hybridized carbons (Fsp3) is 0.182. The molecule has 3 aromatic rings. The Kier molecular flexibility index (Phi) is 6.16. The number of nitrogens with one attached hydrogen (secondary N) is 2. The van der Waals surface area contributed by atoms with Gasteiger partial charge in [-0.2, -0.15) is 0 Å². The van der Waals surface area contributed by atoms with Crippen molar-refractivity contribution in [3.8, 4) is 0 Å². The van der Waals surface area contributed by atoms with Gasteiger partial charge in [-0.05, 0) is 41.1 Å². The molecule has 0 aliphatic heterocycles. The summed E-state index contributed by atoms with van der Waals surface area (Å²) in [6.45, 7) is 0.251. The highest BCUT2D eigenvalue weighted by Crippen LogP contribution is 2.27. The van der Waals surface area contributed by atoms with E-state index >= 15 is 0 Å². The van der Waals surface area contributed by atoms with E-state index in [0.29, 0.717) is 16.3 Å². The predicted octanol–water partition coefficient (Wildman–Crippen LogP) is 4.32. The molecule has 0 aliphatic carbocycles. The standard InChI is InChI=1S/C22H22ClN3O2/c1-26(2)20-10-9-18(14-19(20)23)25-21(27)11-12-24-22(28)17-8-7-15-5-3-4-6-16(15)13-17/h3-10,13-14H,11-12H2,1-2H3,(H,24,28)(H,25,27). The fourth-order valence-corrected chi connectivity index (χ4v) is 3.24. The number of amides is 2. The Morgan fingerprint density at radius 3 is 2.43 bits per heavy atom. The van der Waals surface area contributed by atoms with Crippen LogP contribution in [-0.2, 0) is 4.79 Å². The number of nitrogens with zero attached hydrogens (tertiary/aromatic N) is 1. The minimum atomic E-state index is -0.197. The topological polar surface area (TPSA) is 61.4 Å². The lowest BCUT2D eigenvalue weighted by Gasteiger charge is -2.15. The van der Waals surface area contributed by atoms with E-state index in [-0.39, 0.29) is 24.8 Å². The van der Waals surface area contributed by atoms with E-state index in [1.165, 1.54) is 0 Å². The summed E-state index contributed by atoms with van der Waals surface area (Å²) in [5.41, 5.74) is 2.08. The third-order valence-electron chi connectivity index (χ3n) is 4.36. The first kappa shape index (κ1) is 19.7. The van der Waals surface area contributed by atoms with Crippen molar-refractivity contribution in [2.24, 2.45) is 0 Å². The van der Waals surface area contributed by atoms with Crippen LogP contribution in [-0.4, -0.2) is 32.5 Å². The molecule has 28 heavy (non-hydrogen) atoms. The molecule has 0 heterocycles. The van der Waals surface area contributed by atoms with Crippen LogP contribution >= 0.6 is 11.6 Å². The first-order valence-electron chi connectivity index (χ1n) is 8.98. The minimum Gasteiger partial charge on any atom is -0.376 e. The number of halogens is 1. The second-order valence-corrected chi connectivity index (χ2v) is 7.08. The van der Waals surface area contributed by atoms with Gasteiger partial charge in [0.1, 0.15) is 0 Å². The Morgan fingerprint density at radius 2 is 1.71 bits per heavy atom. The average Bonchev–Trinajstić information content (AvgIpc) is 2.67. The molecular weight excluding hydrogens is 374 g/mol. The van der Waals surface area contributed by atoms with Crippen molar-refractivity contribution in [3.05, 3.63) is 71.2 Å². The third kappa shape index (κ3) is 4.81. The van der Waals surface area contributed by atoms with Gasteiger partial charge in [0, 0.05) is 38.3 Å². The van der Waals surface area contributed by atoms with Gasteiger partial charge in [0.05, 0.1) is 10.7 Å². The van der Waals surface area contributed by atoms with Gasteiger partial charge in [0.2, 0.25) is 5.91 Å². The molecule has 0 atom stereocenters. The summed E-state index contributed by atoms with van der Waals surface area (Å²) >= 11 is 6.21. The highest BCUT2D eigenvalue weighted by molar-refractivity contribution is 6.33. The van der Waals surface area contributed by atoms with Crippen LogP contribution in [0.1, 0.15) is 16.8 Å². The van der Waals surface area contributed by atoms with Crippen LogP contribution in [0, 0.1) is 0 Å². The van der Waals surface area contributed by atoms with Crippen molar-refractivity contribution in [3.63, 3.8) is 0 Å². The van der Waals surface area contributed by atoms with Crippen molar-refractivity contribution in [1.29, 1.82) is 0 Å². The van der Waals surface area contributed by atoms with Gasteiger partial charge in [-0.25, -0.2) is 0 Å². The Balaban J connectivity index is 1.51. The van der Waals surface area contributed by atoms with E-state index < -0.39 is 0 Å². The number of benzene rings is 3. The van der Waals surface area contributed by atoms with Crippen LogP contribution in [0.2, 0.25) is 5.02 Å². The van der Waals surface area contributed by atoms with Crippen LogP contribution < -0.4 is 15.5 Å². The molecule has 144 valence electrons. The first-order chi connectivity index (χ1) is 13.4. The van der Waals surface area contributed by atoms with Gasteiger partial charge >= 0.3 is 0 Å². The second-order valence-electron chi connectivity index (χ2n) is 6.68. The molecule has 2 N–H and O–H groups in total. The van der Waals surface area contributed by atoms with Crippen LogP contribution in [0.15, 0.2) is 60.7 Å². The smallest absolute Gasteiger partial charge is 0.251 e. The molecule has 0 spiro atoms. The highest BCUT2D eigenvalue weighted by Gasteiger charge is 2.09. The van der Waals surface area contributed by atoms with Crippen molar-refractivity contribution in [2.75, 3.05) is 30.9 Å². The molecule has 3 rings (SSSR count). The molecular formula is C22H22ClN3O2. The van der Waals surface area contributed by atoms with E-state index in [1.807, 2.05) is 61.5 Å². The second kappa shape index (κ2) is 8.76. The maximum atomic E-state index is 12.3. The molecule has 0 unspecified atom stereocenters. The number of anilines is 2. The summed E-state index contributed by atoms with van der Waals surface area (Å²) in [6, 6.07) is 18.8. The van der Waals surface area contributed by atoms with Crippen LogP contribution in [0.4, 0.5) is 11.4 Å². The Morgan fingerprint density at radius 1 is 0.964 bits per heavy atom. The molecule has 0 bridgehead atoms.